The molecule has 1 aromatic carbocycles. The minimum absolute atomic E-state index is 0.0937. The predicted octanol–water partition coefficient (Wildman–Crippen LogP) is 3.59. The van der Waals surface area contributed by atoms with Crippen molar-refractivity contribution in [3.05, 3.63) is 54.1 Å². The van der Waals surface area contributed by atoms with Crippen LogP contribution in [-0.2, 0) is 0 Å². The van der Waals surface area contributed by atoms with Gasteiger partial charge < -0.3 is 14.9 Å². The maximum absolute atomic E-state index is 13.8. The van der Waals surface area contributed by atoms with Crippen molar-refractivity contribution in [3.63, 3.8) is 0 Å². The molecular weight excluding hydrogens is 345 g/mol. The van der Waals surface area contributed by atoms with Crippen LogP contribution >= 0.6 is 0 Å². The number of amides is 1. The molecule has 1 atom stereocenters. The molecule has 1 aromatic heterocycles. The third kappa shape index (κ3) is 2.93. The number of anilines is 1. The highest BCUT2D eigenvalue weighted by Crippen LogP contribution is 2.47. The number of aromatic nitrogens is 1. The maximum Gasteiger partial charge on any atom is 0.276 e. The molecule has 6 heteroatoms. The minimum Gasteiger partial charge on any atom is -0.505 e. The second-order valence-corrected chi connectivity index (χ2v) is 8.21. The van der Waals surface area contributed by atoms with Gasteiger partial charge in [0.1, 0.15) is 11.6 Å². The lowest BCUT2D eigenvalue weighted by atomic mass is 9.87. The van der Waals surface area contributed by atoms with Gasteiger partial charge in [0.05, 0.1) is 5.54 Å². The molecule has 5 nitrogen and oxygen atoms in total. The first-order valence-corrected chi connectivity index (χ1v) is 9.32. The summed E-state index contributed by atoms with van der Waals surface area (Å²) in [5.74, 6) is -0.590. The van der Waals surface area contributed by atoms with Crippen LogP contribution in [0.1, 0.15) is 43.6 Å². The van der Waals surface area contributed by atoms with Gasteiger partial charge in [-0.3, -0.25) is 4.79 Å². The number of carbonyl (C=O) groups excluding carboxylic acids is 1. The Morgan fingerprint density at radius 3 is 2.81 bits per heavy atom. The van der Waals surface area contributed by atoms with Gasteiger partial charge in [-0.1, -0.05) is 6.07 Å². The molecule has 0 bridgehead atoms. The van der Waals surface area contributed by atoms with Crippen molar-refractivity contribution < 1.29 is 14.3 Å². The quantitative estimate of drug-likeness (QED) is 0.879. The minimum atomic E-state index is -0.336. The van der Waals surface area contributed by atoms with E-state index in [2.05, 4.69) is 23.7 Å². The average molecular weight is 369 g/mol. The molecule has 2 fully saturated rings. The fourth-order valence-corrected chi connectivity index (χ4v) is 4.84. The summed E-state index contributed by atoms with van der Waals surface area (Å²) in [6, 6.07) is 9.71. The molecule has 0 radical (unpaired) electrons. The number of nitrogens with zero attached hydrogens (tertiary/aromatic N) is 3. The van der Waals surface area contributed by atoms with Gasteiger partial charge in [0.2, 0.25) is 0 Å². The zero-order chi connectivity index (χ0) is 19.2. The third-order valence-electron chi connectivity index (χ3n) is 5.90. The molecule has 1 amide bonds. The molecule has 1 N–H and O–H groups in total. The largest absolute Gasteiger partial charge is 0.505 e. The molecule has 142 valence electrons. The van der Waals surface area contributed by atoms with Gasteiger partial charge in [-0.25, -0.2) is 9.37 Å². The average Bonchev–Trinajstić information content (AvgIpc) is 3.14. The van der Waals surface area contributed by atoms with E-state index in [1.165, 1.54) is 18.3 Å². The Balaban J connectivity index is 1.68. The summed E-state index contributed by atoms with van der Waals surface area (Å²) < 4.78 is 13.8. The molecule has 3 heterocycles. The van der Waals surface area contributed by atoms with Crippen LogP contribution in [0.4, 0.5) is 10.1 Å². The Bertz CT molecular complexity index is 885. The van der Waals surface area contributed by atoms with E-state index < -0.39 is 0 Å². The molecule has 2 aromatic rings. The Morgan fingerprint density at radius 2 is 2.07 bits per heavy atom. The van der Waals surface area contributed by atoms with Crippen molar-refractivity contribution >= 4 is 11.6 Å². The highest BCUT2D eigenvalue weighted by Gasteiger charge is 2.55. The maximum atomic E-state index is 13.8. The smallest absolute Gasteiger partial charge is 0.276 e. The zero-order valence-corrected chi connectivity index (χ0v) is 15.7. The van der Waals surface area contributed by atoms with Gasteiger partial charge in [-0.05, 0) is 63.4 Å². The number of aromatic hydroxyl groups is 1. The highest BCUT2D eigenvalue weighted by molar-refractivity contribution is 5.95. The second-order valence-electron chi connectivity index (χ2n) is 8.21. The van der Waals surface area contributed by atoms with E-state index in [1.807, 2.05) is 11.0 Å². The van der Waals surface area contributed by atoms with Crippen LogP contribution in [0.5, 0.6) is 5.75 Å². The van der Waals surface area contributed by atoms with Gasteiger partial charge in [0.25, 0.3) is 5.91 Å². The molecular formula is C21H24FN3O2. The number of pyridine rings is 1. The summed E-state index contributed by atoms with van der Waals surface area (Å²) in [4.78, 5) is 21.3. The molecule has 0 aliphatic carbocycles. The first kappa shape index (κ1) is 17.8. The summed E-state index contributed by atoms with van der Waals surface area (Å²) in [6.45, 7) is 5.54. The lowest BCUT2D eigenvalue weighted by Gasteiger charge is -2.35. The van der Waals surface area contributed by atoms with Crippen LogP contribution < -0.4 is 4.90 Å². The van der Waals surface area contributed by atoms with Crippen LogP contribution in [0.25, 0.3) is 0 Å². The van der Waals surface area contributed by atoms with Crippen molar-refractivity contribution in [1.29, 1.82) is 0 Å². The molecule has 2 saturated heterocycles. The predicted molar refractivity (Wildman–Crippen MR) is 101 cm³/mol. The number of likely N-dealkylation sites (tertiary alicyclic amines) is 1. The van der Waals surface area contributed by atoms with Crippen LogP contribution in [-0.4, -0.2) is 45.1 Å². The standard InChI is InChI=1S/C21H24FN3O2/c1-20(2)13-21(14-25(20)16-7-3-6-15(22)12-16)9-5-11-24(21)19(27)18-17(26)8-4-10-23-18/h3-4,6-8,10,12,26H,5,9,11,13-14H2,1-2H3. The molecule has 27 heavy (non-hydrogen) atoms. The summed E-state index contributed by atoms with van der Waals surface area (Å²) in [7, 11) is 0. The summed E-state index contributed by atoms with van der Waals surface area (Å²) >= 11 is 0. The first-order valence-electron chi connectivity index (χ1n) is 9.32. The number of hydrogen-bond donors (Lipinski definition) is 1. The van der Waals surface area contributed by atoms with Crippen molar-refractivity contribution in [1.82, 2.24) is 9.88 Å². The van der Waals surface area contributed by atoms with Crippen LogP contribution in [0, 0.1) is 5.82 Å². The molecule has 2 aliphatic heterocycles. The Labute approximate surface area is 158 Å². The zero-order valence-electron chi connectivity index (χ0n) is 15.7. The normalized spacial score (nSPS) is 24.0. The van der Waals surface area contributed by atoms with E-state index in [9.17, 15) is 14.3 Å². The van der Waals surface area contributed by atoms with Crippen molar-refractivity contribution in [2.24, 2.45) is 0 Å². The van der Waals surface area contributed by atoms with E-state index in [1.54, 1.807) is 18.2 Å². The Hall–Kier alpha value is -2.63. The van der Waals surface area contributed by atoms with E-state index in [0.717, 1.165) is 24.9 Å². The van der Waals surface area contributed by atoms with E-state index in [0.29, 0.717) is 13.1 Å². The first-order chi connectivity index (χ1) is 12.8. The van der Waals surface area contributed by atoms with Crippen molar-refractivity contribution in [2.75, 3.05) is 18.0 Å². The number of rotatable bonds is 2. The monoisotopic (exact) mass is 369 g/mol. The van der Waals surface area contributed by atoms with Gasteiger partial charge >= 0.3 is 0 Å². The van der Waals surface area contributed by atoms with E-state index >= 15 is 0 Å². The number of hydrogen-bond acceptors (Lipinski definition) is 4. The fraction of sp³-hybridized carbons (Fsp3) is 0.429. The van der Waals surface area contributed by atoms with Crippen molar-refractivity contribution in [2.45, 2.75) is 44.2 Å². The Kier molecular flexibility index (Phi) is 4.09. The summed E-state index contributed by atoms with van der Waals surface area (Å²) in [6.07, 6.45) is 4.11. The number of carbonyl (C=O) groups is 1. The summed E-state index contributed by atoms with van der Waals surface area (Å²) in [5.41, 5.74) is 0.373. The molecule has 1 spiro atoms. The van der Waals surface area contributed by atoms with Crippen LogP contribution in [0.2, 0.25) is 0 Å². The Morgan fingerprint density at radius 1 is 1.26 bits per heavy atom. The van der Waals surface area contributed by atoms with Gasteiger partial charge in [-0.2, -0.15) is 0 Å². The van der Waals surface area contributed by atoms with Crippen LogP contribution in [0.3, 0.4) is 0 Å². The summed E-state index contributed by atoms with van der Waals surface area (Å²) in [5, 5.41) is 10.1. The molecule has 4 rings (SSSR count). The molecule has 1 unspecified atom stereocenters. The van der Waals surface area contributed by atoms with Gasteiger partial charge in [-0.15, -0.1) is 0 Å². The van der Waals surface area contributed by atoms with Crippen molar-refractivity contribution in [3.8, 4) is 5.75 Å². The third-order valence-corrected chi connectivity index (χ3v) is 5.90. The fourth-order valence-electron chi connectivity index (χ4n) is 4.84. The molecule has 2 aliphatic rings. The van der Waals surface area contributed by atoms with Gasteiger partial charge in [0, 0.05) is 30.5 Å². The number of benzene rings is 1. The SMILES string of the molecule is CC1(C)CC2(CCCN2C(=O)c2ncccc2O)CN1c1cccc(F)c1. The number of halogens is 1. The van der Waals surface area contributed by atoms with E-state index in [4.69, 9.17) is 0 Å². The highest BCUT2D eigenvalue weighted by atomic mass is 19.1. The van der Waals surface area contributed by atoms with Gasteiger partial charge in [0.15, 0.2) is 5.69 Å². The second kappa shape index (κ2) is 6.22. The van der Waals surface area contributed by atoms with E-state index in [-0.39, 0.29) is 34.2 Å². The lowest BCUT2D eigenvalue weighted by Crippen LogP contribution is -2.49. The lowest BCUT2D eigenvalue weighted by molar-refractivity contribution is 0.0608. The van der Waals surface area contributed by atoms with Crippen LogP contribution in [0.15, 0.2) is 42.6 Å². The molecule has 0 saturated carbocycles. The topological polar surface area (TPSA) is 56.7 Å².